The summed E-state index contributed by atoms with van der Waals surface area (Å²) < 4.78 is 0. The lowest BCUT2D eigenvalue weighted by atomic mass is 10.0. The van der Waals surface area contributed by atoms with Gasteiger partial charge in [0.1, 0.15) is 0 Å². The fourth-order valence-electron chi connectivity index (χ4n) is 2.70. The Bertz CT molecular complexity index is 926. The van der Waals surface area contributed by atoms with Gasteiger partial charge in [-0.05, 0) is 60.9 Å². The number of anilines is 2. The summed E-state index contributed by atoms with van der Waals surface area (Å²) in [6.07, 6.45) is 9.98. The number of allylic oxidation sites excluding steroid dienone is 5. The SMILES string of the molecule is C=C/C(=C\C=C/C)c1ccc(C)c(Nc2ccc3[nH]ccc3c2)c1. The van der Waals surface area contributed by atoms with Crippen LogP contribution in [0.4, 0.5) is 11.4 Å². The molecule has 0 amide bonds. The lowest BCUT2D eigenvalue weighted by Gasteiger charge is -2.12. The number of H-pyrrole nitrogens is 1. The fraction of sp³-hybridized carbons (Fsp3) is 0.0909. The second kappa shape index (κ2) is 7.05. The van der Waals surface area contributed by atoms with E-state index in [-0.39, 0.29) is 0 Å². The van der Waals surface area contributed by atoms with E-state index in [4.69, 9.17) is 0 Å². The summed E-state index contributed by atoms with van der Waals surface area (Å²) in [6.45, 7) is 8.05. The third-order valence-electron chi connectivity index (χ3n) is 4.09. The molecule has 1 aromatic heterocycles. The first-order valence-electron chi connectivity index (χ1n) is 8.12. The molecule has 3 rings (SSSR count). The Kier molecular flexibility index (Phi) is 4.66. The fourth-order valence-corrected chi connectivity index (χ4v) is 2.70. The Hall–Kier alpha value is -3.00. The first-order chi connectivity index (χ1) is 11.7. The largest absolute Gasteiger partial charge is 0.361 e. The summed E-state index contributed by atoms with van der Waals surface area (Å²) in [7, 11) is 0. The summed E-state index contributed by atoms with van der Waals surface area (Å²) in [5, 5.41) is 4.74. The molecule has 0 spiro atoms. The molecule has 0 unspecified atom stereocenters. The minimum absolute atomic E-state index is 1.08. The van der Waals surface area contributed by atoms with E-state index < -0.39 is 0 Å². The molecule has 2 N–H and O–H groups in total. The van der Waals surface area contributed by atoms with Gasteiger partial charge in [0.15, 0.2) is 0 Å². The van der Waals surface area contributed by atoms with Crippen LogP contribution in [0, 0.1) is 6.92 Å². The number of hydrogen-bond acceptors (Lipinski definition) is 1. The van der Waals surface area contributed by atoms with Gasteiger partial charge in [-0.15, -0.1) is 0 Å². The molecule has 0 aliphatic rings. The third-order valence-corrected chi connectivity index (χ3v) is 4.09. The molecule has 0 atom stereocenters. The van der Waals surface area contributed by atoms with E-state index >= 15 is 0 Å². The highest BCUT2D eigenvalue weighted by atomic mass is 14.9. The van der Waals surface area contributed by atoms with Crippen molar-refractivity contribution in [3.8, 4) is 0 Å². The van der Waals surface area contributed by atoms with Crippen molar-refractivity contribution in [1.29, 1.82) is 0 Å². The Morgan fingerprint density at radius 3 is 2.79 bits per heavy atom. The van der Waals surface area contributed by atoms with Crippen molar-refractivity contribution >= 4 is 27.9 Å². The van der Waals surface area contributed by atoms with Crippen LogP contribution >= 0.6 is 0 Å². The van der Waals surface area contributed by atoms with Crippen LogP contribution in [0.2, 0.25) is 0 Å². The molecule has 2 aromatic carbocycles. The summed E-state index contributed by atoms with van der Waals surface area (Å²) in [5.41, 5.74) is 6.81. The van der Waals surface area contributed by atoms with Crippen LogP contribution in [0.5, 0.6) is 0 Å². The molecule has 1 heterocycles. The molecule has 2 nitrogen and oxygen atoms in total. The van der Waals surface area contributed by atoms with E-state index in [0.29, 0.717) is 0 Å². The van der Waals surface area contributed by atoms with E-state index in [1.54, 1.807) is 0 Å². The molecular weight excluding hydrogens is 292 g/mol. The maximum Gasteiger partial charge on any atom is 0.0455 e. The second-order valence-electron chi connectivity index (χ2n) is 5.79. The highest BCUT2D eigenvalue weighted by Crippen LogP contribution is 2.27. The average Bonchev–Trinajstić information content (AvgIpc) is 3.06. The predicted octanol–water partition coefficient (Wildman–Crippen LogP) is 6.37. The Morgan fingerprint density at radius 1 is 1.12 bits per heavy atom. The van der Waals surface area contributed by atoms with Gasteiger partial charge in [-0.25, -0.2) is 0 Å². The zero-order valence-corrected chi connectivity index (χ0v) is 14.1. The minimum atomic E-state index is 1.08. The summed E-state index contributed by atoms with van der Waals surface area (Å²) in [4.78, 5) is 3.22. The summed E-state index contributed by atoms with van der Waals surface area (Å²) in [5.74, 6) is 0. The number of aromatic amines is 1. The highest BCUT2D eigenvalue weighted by molar-refractivity contribution is 5.85. The lowest BCUT2D eigenvalue weighted by Crippen LogP contribution is -1.94. The number of aromatic nitrogens is 1. The predicted molar refractivity (Wildman–Crippen MR) is 106 cm³/mol. The molecule has 3 aromatic rings. The van der Waals surface area contributed by atoms with Gasteiger partial charge in [-0.3, -0.25) is 0 Å². The van der Waals surface area contributed by atoms with E-state index in [1.165, 1.54) is 10.9 Å². The molecule has 2 heteroatoms. The van der Waals surface area contributed by atoms with Crippen LogP contribution in [-0.2, 0) is 0 Å². The lowest BCUT2D eigenvalue weighted by molar-refractivity contribution is 1.42. The van der Waals surface area contributed by atoms with E-state index in [2.05, 4.69) is 72.3 Å². The second-order valence-corrected chi connectivity index (χ2v) is 5.79. The quantitative estimate of drug-likeness (QED) is 0.526. The molecule has 24 heavy (non-hydrogen) atoms. The maximum atomic E-state index is 3.93. The van der Waals surface area contributed by atoms with Gasteiger partial charge in [-0.2, -0.15) is 0 Å². The zero-order valence-electron chi connectivity index (χ0n) is 14.1. The van der Waals surface area contributed by atoms with Crippen molar-refractivity contribution < 1.29 is 0 Å². The van der Waals surface area contributed by atoms with Crippen LogP contribution < -0.4 is 5.32 Å². The van der Waals surface area contributed by atoms with Crippen LogP contribution in [0.1, 0.15) is 18.1 Å². The van der Waals surface area contributed by atoms with Crippen LogP contribution in [0.3, 0.4) is 0 Å². The van der Waals surface area contributed by atoms with Crippen LogP contribution in [0.15, 0.2) is 79.5 Å². The molecule has 0 saturated heterocycles. The van der Waals surface area contributed by atoms with Crippen molar-refractivity contribution in [2.75, 3.05) is 5.32 Å². The van der Waals surface area contributed by atoms with Gasteiger partial charge < -0.3 is 10.3 Å². The number of aryl methyl sites for hydroxylation is 1. The van der Waals surface area contributed by atoms with E-state index in [0.717, 1.165) is 28.0 Å². The molecule has 0 saturated carbocycles. The topological polar surface area (TPSA) is 27.8 Å². The zero-order chi connectivity index (χ0) is 16.9. The normalized spacial score (nSPS) is 12.0. The number of benzene rings is 2. The maximum absolute atomic E-state index is 3.93. The average molecular weight is 314 g/mol. The minimum Gasteiger partial charge on any atom is -0.361 e. The first kappa shape index (κ1) is 15.9. The van der Waals surface area contributed by atoms with Gasteiger partial charge in [0, 0.05) is 28.5 Å². The van der Waals surface area contributed by atoms with Crippen LogP contribution in [0.25, 0.3) is 16.5 Å². The van der Waals surface area contributed by atoms with Crippen molar-refractivity contribution in [3.63, 3.8) is 0 Å². The van der Waals surface area contributed by atoms with Crippen molar-refractivity contribution in [3.05, 3.63) is 90.7 Å². The monoisotopic (exact) mass is 314 g/mol. The molecule has 0 aliphatic heterocycles. The molecule has 0 radical (unpaired) electrons. The Balaban J connectivity index is 1.95. The summed E-state index contributed by atoms with van der Waals surface area (Å²) in [6, 6.07) is 14.9. The third kappa shape index (κ3) is 3.33. The molecule has 0 bridgehead atoms. The van der Waals surface area contributed by atoms with Crippen LogP contribution in [-0.4, -0.2) is 4.98 Å². The van der Waals surface area contributed by atoms with Gasteiger partial charge in [0.25, 0.3) is 0 Å². The molecule has 0 aliphatic carbocycles. The van der Waals surface area contributed by atoms with E-state index in [9.17, 15) is 0 Å². The van der Waals surface area contributed by atoms with Crippen molar-refractivity contribution in [2.24, 2.45) is 0 Å². The van der Waals surface area contributed by atoms with Gasteiger partial charge >= 0.3 is 0 Å². The first-order valence-corrected chi connectivity index (χ1v) is 8.12. The molecular formula is C22H22N2. The number of nitrogens with one attached hydrogen (secondary N) is 2. The number of rotatable bonds is 5. The number of fused-ring (bicyclic) bond motifs is 1. The van der Waals surface area contributed by atoms with Gasteiger partial charge in [0.2, 0.25) is 0 Å². The molecule has 0 fully saturated rings. The van der Waals surface area contributed by atoms with Crippen molar-refractivity contribution in [2.45, 2.75) is 13.8 Å². The molecule has 120 valence electrons. The summed E-state index contributed by atoms with van der Waals surface area (Å²) >= 11 is 0. The number of hydrogen-bond donors (Lipinski definition) is 2. The Labute approximate surface area is 143 Å². The van der Waals surface area contributed by atoms with Gasteiger partial charge in [0.05, 0.1) is 0 Å². The smallest absolute Gasteiger partial charge is 0.0455 e. The van der Waals surface area contributed by atoms with Crippen molar-refractivity contribution in [1.82, 2.24) is 4.98 Å². The highest BCUT2D eigenvalue weighted by Gasteiger charge is 2.04. The Morgan fingerprint density at radius 2 is 2.00 bits per heavy atom. The standard InChI is InChI=1S/C22H22N2/c1-4-6-7-17(5-2)18-9-8-16(3)22(15-18)24-20-10-11-21-19(14-20)12-13-23-21/h4-15,23-24H,2H2,1,3H3/b6-4-,17-7+. The van der Waals surface area contributed by atoms with Gasteiger partial charge in [-0.1, -0.05) is 43.0 Å². The van der Waals surface area contributed by atoms with E-state index in [1.807, 2.05) is 31.3 Å².